The van der Waals surface area contributed by atoms with Crippen LogP contribution in [0.25, 0.3) is 0 Å². The Balaban J connectivity index is 2.31. The molecule has 1 saturated heterocycles. The van der Waals surface area contributed by atoms with Crippen molar-refractivity contribution in [2.75, 3.05) is 25.6 Å². The first-order chi connectivity index (χ1) is 5.77. The van der Waals surface area contributed by atoms with E-state index in [1.54, 1.807) is 4.90 Å². The van der Waals surface area contributed by atoms with Crippen LogP contribution in [0.4, 0.5) is 0 Å². The van der Waals surface area contributed by atoms with Gasteiger partial charge >= 0.3 is 0 Å². The fraction of sp³-hybridized carbons (Fsp3) is 0.875. The number of carbonyl (C=O) groups is 1. The van der Waals surface area contributed by atoms with Gasteiger partial charge in [-0.05, 0) is 12.3 Å². The van der Waals surface area contributed by atoms with Crippen LogP contribution in [0.5, 0.6) is 0 Å². The van der Waals surface area contributed by atoms with Crippen LogP contribution < -0.4 is 0 Å². The Hall–Kier alpha value is -0.280. The molecular formula is C8H14ClNO2. The number of amides is 1. The summed E-state index contributed by atoms with van der Waals surface area (Å²) in [5, 5.41) is 8.57. The molecule has 0 bridgehead atoms. The van der Waals surface area contributed by atoms with E-state index in [2.05, 4.69) is 0 Å². The van der Waals surface area contributed by atoms with Crippen LogP contribution in [0.1, 0.15) is 12.8 Å². The zero-order valence-electron chi connectivity index (χ0n) is 7.00. The molecule has 1 aliphatic rings. The first-order valence-corrected chi connectivity index (χ1v) is 4.76. The number of nitrogens with zero attached hydrogens (tertiary/aromatic N) is 1. The third kappa shape index (κ3) is 2.35. The second-order valence-corrected chi connectivity index (χ2v) is 3.45. The number of carbonyl (C=O) groups excluding carboxylic acids is 1. The molecule has 1 N–H and O–H groups in total. The molecule has 70 valence electrons. The number of hydrogen-bond donors (Lipinski definition) is 1. The molecule has 1 heterocycles. The van der Waals surface area contributed by atoms with Gasteiger partial charge in [-0.25, -0.2) is 0 Å². The molecular weight excluding hydrogens is 178 g/mol. The molecule has 0 aromatic rings. The van der Waals surface area contributed by atoms with E-state index in [-0.39, 0.29) is 12.5 Å². The van der Waals surface area contributed by atoms with Gasteiger partial charge in [0.1, 0.15) is 0 Å². The van der Waals surface area contributed by atoms with Crippen molar-refractivity contribution < 1.29 is 9.90 Å². The van der Waals surface area contributed by atoms with Crippen LogP contribution in [0, 0.1) is 5.92 Å². The molecule has 12 heavy (non-hydrogen) atoms. The Labute approximate surface area is 77.3 Å². The van der Waals surface area contributed by atoms with Crippen LogP contribution in [-0.2, 0) is 4.79 Å². The van der Waals surface area contributed by atoms with E-state index in [9.17, 15) is 4.79 Å². The third-order valence-electron chi connectivity index (χ3n) is 2.10. The summed E-state index contributed by atoms with van der Waals surface area (Å²) in [5.74, 6) is 1.05. The van der Waals surface area contributed by atoms with Crippen LogP contribution in [0.2, 0.25) is 0 Å². The minimum Gasteiger partial charge on any atom is -0.396 e. The smallest absolute Gasteiger partial charge is 0.222 e. The van der Waals surface area contributed by atoms with E-state index in [1.807, 2.05) is 0 Å². The molecule has 4 heteroatoms. The maximum Gasteiger partial charge on any atom is 0.222 e. The average molecular weight is 192 g/mol. The van der Waals surface area contributed by atoms with E-state index in [0.717, 1.165) is 6.54 Å². The molecule has 1 fully saturated rings. The van der Waals surface area contributed by atoms with Gasteiger partial charge in [0.05, 0.1) is 0 Å². The fourth-order valence-electron chi connectivity index (χ4n) is 1.43. The number of aliphatic hydroxyl groups excluding tert-OH is 1. The van der Waals surface area contributed by atoms with Gasteiger partial charge < -0.3 is 10.0 Å². The van der Waals surface area contributed by atoms with Crippen LogP contribution in [0.15, 0.2) is 0 Å². The van der Waals surface area contributed by atoms with Gasteiger partial charge in [0.25, 0.3) is 0 Å². The molecule has 0 radical (unpaired) electrons. The van der Waals surface area contributed by atoms with Crippen molar-refractivity contribution in [3.63, 3.8) is 0 Å². The van der Waals surface area contributed by atoms with Crippen LogP contribution in [0.3, 0.4) is 0 Å². The minimum atomic E-state index is 0.148. The SMILES string of the molecule is O=C1CC(CCl)CN1CCCO. The zero-order valence-corrected chi connectivity index (χ0v) is 7.76. The Morgan fingerprint density at radius 1 is 1.67 bits per heavy atom. The predicted molar refractivity (Wildman–Crippen MR) is 47.1 cm³/mol. The Morgan fingerprint density at radius 3 is 2.92 bits per heavy atom. The van der Waals surface area contributed by atoms with E-state index >= 15 is 0 Å². The topological polar surface area (TPSA) is 40.5 Å². The monoisotopic (exact) mass is 191 g/mol. The molecule has 1 unspecified atom stereocenters. The Morgan fingerprint density at radius 2 is 2.42 bits per heavy atom. The van der Waals surface area contributed by atoms with Crippen LogP contribution in [-0.4, -0.2) is 41.5 Å². The van der Waals surface area contributed by atoms with Crippen molar-refractivity contribution in [2.45, 2.75) is 12.8 Å². The quantitative estimate of drug-likeness (QED) is 0.656. The molecule has 1 atom stereocenters. The lowest BCUT2D eigenvalue weighted by molar-refractivity contribution is -0.127. The second-order valence-electron chi connectivity index (χ2n) is 3.14. The van der Waals surface area contributed by atoms with E-state index in [1.165, 1.54) is 0 Å². The standard InChI is InChI=1S/C8H14ClNO2/c9-5-7-4-8(12)10(6-7)2-1-3-11/h7,11H,1-6H2. The third-order valence-corrected chi connectivity index (χ3v) is 2.54. The normalized spacial score (nSPS) is 23.7. The zero-order chi connectivity index (χ0) is 8.97. The molecule has 0 aromatic carbocycles. The maximum absolute atomic E-state index is 11.2. The summed E-state index contributed by atoms with van der Waals surface area (Å²) in [6.45, 7) is 1.58. The molecule has 3 nitrogen and oxygen atoms in total. The lowest BCUT2D eigenvalue weighted by Gasteiger charge is -2.14. The lowest BCUT2D eigenvalue weighted by Crippen LogP contribution is -2.27. The summed E-state index contributed by atoms with van der Waals surface area (Å²) in [6, 6.07) is 0. The highest BCUT2D eigenvalue weighted by Crippen LogP contribution is 2.18. The highest BCUT2D eigenvalue weighted by atomic mass is 35.5. The lowest BCUT2D eigenvalue weighted by atomic mass is 10.1. The van der Waals surface area contributed by atoms with E-state index < -0.39 is 0 Å². The number of aliphatic hydroxyl groups is 1. The summed E-state index contributed by atoms with van der Waals surface area (Å²) in [5.41, 5.74) is 0. The van der Waals surface area contributed by atoms with Gasteiger partial charge in [0, 0.05) is 32.0 Å². The number of hydrogen-bond acceptors (Lipinski definition) is 2. The highest BCUT2D eigenvalue weighted by molar-refractivity contribution is 6.18. The highest BCUT2D eigenvalue weighted by Gasteiger charge is 2.27. The molecule has 1 rings (SSSR count). The van der Waals surface area contributed by atoms with Crippen LogP contribution >= 0.6 is 11.6 Å². The molecule has 1 amide bonds. The fourth-order valence-corrected chi connectivity index (χ4v) is 1.64. The van der Waals surface area contributed by atoms with Crippen molar-refractivity contribution >= 4 is 17.5 Å². The molecule has 1 aliphatic heterocycles. The molecule has 0 aromatic heterocycles. The van der Waals surface area contributed by atoms with Gasteiger partial charge in [-0.2, -0.15) is 0 Å². The number of likely N-dealkylation sites (tertiary alicyclic amines) is 1. The second kappa shape index (κ2) is 4.67. The molecule has 0 spiro atoms. The largest absolute Gasteiger partial charge is 0.396 e. The summed E-state index contributed by atoms with van der Waals surface area (Å²) < 4.78 is 0. The van der Waals surface area contributed by atoms with Gasteiger partial charge in [-0.3, -0.25) is 4.79 Å². The first kappa shape index (κ1) is 9.81. The number of alkyl halides is 1. The van der Waals surface area contributed by atoms with Gasteiger partial charge in [-0.1, -0.05) is 0 Å². The molecule has 0 saturated carbocycles. The van der Waals surface area contributed by atoms with Gasteiger partial charge in [0.15, 0.2) is 0 Å². The van der Waals surface area contributed by atoms with Crippen molar-refractivity contribution in [1.82, 2.24) is 4.90 Å². The first-order valence-electron chi connectivity index (χ1n) is 4.22. The maximum atomic E-state index is 11.2. The van der Waals surface area contributed by atoms with E-state index in [0.29, 0.717) is 31.2 Å². The summed E-state index contributed by atoms with van der Waals surface area (Å²) in [6.07, 6.45) is 1.25. The summed E-state index contributed by atoms with van der Waals surface area (Å²) in [4.78, 5) is 13.0. The van der Waals surface area contributed by atoms with Crippen molar-refractivity contribution in [3.05, 3.63) is 0 Å². The van der Waals surface area contributed by atoms with Crippen molar-refractivity contribution in [2.24, 2.45) is 5.92 Å². The van der Waals surface area contributed by atoms with Gasteiger partial charge in [0.2, 0.25) is 5.91 Å². The molecule has 0 aliphatic carbocycles. The Bertz CT molecular complexity index is 163. The predicted octanol–water partition coefficient (Wildman–Crippen LogP) is 0.456. The summed E-state index contributed by atoms with van der Waals surface area (Å²) >= 11 is 5.64. The van der Waals surface area contributed by atoms with E-state index in [4.69, 9.17) is 16.7 Å². The number of halogens is 1. The minimum absolute atomic E-state index is 0.148. The average Bonchev–Trinajstić information content (AvgIpc) is 2.43. The van der Waals surface area contributed by atoms with Crippen molar-refractivity contribution in [3.8, 4) is 0 Å². The summed E-state index contributed by atoms with van der Waals surface area (Å²) in [7, 11) is 0. The van der Waals surface area contributed by atoms with Gasteiger partial charge in [-0.15, -0.1) is 11.6 Å². The van der Waals surface area contributed by atoms with Crippen molar-refractivity contribution in [1.29, 1.82) is 0 Å². The number of rotatable bonds is 4. The Kier molecular flexibility index (Phi) is 3.82.